The molecule has 0 amide bonds. The standard InChI is InChI=1S/C51H34N2/c1-5-18-36(19-6-1)47-46(48(37-20-7-2-8-21-37)51(40-24-11-4-12-25-40)52-50(47)39-22-9-3-10-23-39)38-29-32-41(33-30-38)53-44-28-16-15-27-43(44)49-42-26-14-13-17-35(42)31-34-45(49)53/h1-34H. The quantitative estimate of drug-likeness (QED) is 0.172. The summed E-state index contributed by atoms with van der Waals surface area (Å²) >= 11 is 0. The van der Waals surface area contributed by atoms with Crippen molar-refractivity contribution in [2.75, 3.05) is 0 Å². The van der Waals surface area contributed by atoms with Crippen LogP contribution in [0.4, 0.5) is 0 Å². The van der Waals surface area contributed by atoms with Crippen LogP contribution in [0.5, 0.6) is 0 Å². The van der Waals surface area contributed by atoms with Crippen molar-refractivity contribution in [2.24, 2.45) is 0 Å². The fourth-order valence-corrected chi connectivity index (χ4v) is 8.05. The first-order chi connectivity index (χ1) is 26.3. The van der Waals surface area contributed by atoms with E-state index in [2.05, 4.69) is 211 Å². The molecule has 2 aromatic heterocycles. The molecule has 0 unspecified atom stereocenters. The van der Waals surface area contributed by atoms with E-state index in [1.807, 2.05) is 0 Å². The molecular formula is C51H34N2. The average molecular weight is 675 g/mol. The smallest absolute Gasteiger partial charge is 0.0794 e. The monoisotopic (exact) mass is 674 g/mol. The fraction of sp³-hybridized carbons (Fsp3) is 0. The van der Waals surface area contributed by atoms with E-state index in [1.54, 1.807) is 0 Å². The summed E-state index contributed by atoms with van der Waals surface area (Å²) in [5.74, 6) is 0. The van der Waals surface area contributed by atoms with Gasteiger partial charge in [0.15, 0.2) is 0 Å². The van der Waals surface area contributed by atoms with Crippen LogP contribution in [-0.4, -0.2) is 9.55 Å². The Morgan fingerprint density at radius 1 is 0.302 bits per heavy atom. The molecule has 2 heteroatoms. The SMILES string of the molecule is c1ccc(-c2nc(-c3ccccc3)c(-c3ccccc3)c(-c3ccc(-n4c5ccccc5c5c6ccccc6ccc54)cc3)c2-c2ccccc2)cc1. The maximum Gasteiger partial charge on any atom is 0.0794 e. The number of pyridine rings is 1. The first-order valence-electron chi connectivity index (χ1n) is 18.1. The van der Waals surface area contributed by atoms with Gasteiger partial charge in [-0.3, -0.25) is 0 Å². The second-order valence-electron chi connectivity index (χ2n) is 13.5. The molecule has 0 aliphatic rings. The molecule has 8 aromatic carbocycles. The Morgan fingerprint density at radius 3 is 1.32 bits per heavy atom. The summed E-state index contributed by atoms with van der Waals surface area (Å²) in [5, 5.41) is 5.07. The Labute approximate surface area is 308 Å². The van der Waals surface area contributed by atoms with Gasteiger partial charge in [-0.05, 0) is 51.7 Å². The van der Waals surface area contributed by atoms with Gasteiger partial charge in [0.25, 0.3) is 0 Å². The molecule has 0 saturated heterocycles. The summed E-state index contributed by atoms with van der Waals surface area (Å²) < 4.78 is 2.41. The number of fused-ring (bicyclic) bond motifs is 5. The summed E-state index contributed by atoms with van der Waals surface area (Å²) in [7, 11) is 0. The van der Waals surface area contributed by atoms with E-state index in [0.29, 0.717) is 0 Å². The van der Waals surface area contributed by atoms with Crippen LogP contribution in [0.3, 0.4) is 0 Å². The topological polar surface area (TPSA) is 17.8 Å². The van der Waals surface area contributed by atoms with Crippen LogP contribution in [-0.2, 0) is 0 Å². The minimum Gasteiger partial charge on any atom is -0.309 e. The van der Waals surface area contributed by atoms with Crippen molar-refractivity contribution in [1.29, 1.82) is 0 Å². The molecule has 0 saturated carbocycles. The number of benzene rings is 8. The third-order valence-corrected chi connectivity index (χ3v) is 10.4. The van der Waals surface area contributed by atoms with Crippen LogP contribution in [0.2, 0.25) is 0 Å². The molecule has 10 rings (SSSR count). The molecule has 0 N–H and O–H groups in total. The lowest BCUT2D eigenvalue weighted by molar-refractivity contribution is 1.18. The van der Waals surface area contributed by atoms with Crippen LogP contribution in [0, 0.1) is 0 Å². The van der Waals surface area contributed by atoms with Crippen molar-refractivity contribution in [3.8, 4) is 61.6 Å². The molecule has 0 spiro atoms. The molecule has 0 aliphatic heterocycles. The van der Waals surface area contributed by atoms with E-state index in [1.165, 1.54) is 32.6 Å². The van der Waals surface area contributed by atoms with Gasteiger partial charge in [0, 0.05) is 44.3 Å². The molecule has 0 bridgehead atoms. The Hall–Kier alpha value is -7.03. The minimum absolute atomic E-state index is 0.962. The maximum atomic E-state index is 5.60. The van der Waals surface area contributed by atoms with Crippen molar-refractivity contribution in [3.63, 3.8) is 0 Å². The van der Waals surface area contributed by atoms with Crippen molar-refractivity contribution >= 4 is 32.6 Å². The summed E-state index contributed by atoms with van der Waals surface area (Å²) in [6.07, 6.45) is 0. The summed E-state index contributed by atoms with van der Waals surface area (Å²) in [6.45, 7) is 0. The molecular weight excluding hydrogens is 641 g/mol. The van der Waals surface area contributed by atoms with Crippen molar-refractivity contribution in [2.45, 2.75) is 0 Å². The Kier molecular flexibility index (Phi) is 7.51. The second-order valence-corrected chi connectivity index (χ2v) is 13.5. The molecule has 0 fully saturated rings. The highest BCUT2D eigenvalue weighted by atomic mass is 15.0. The predicted molar refractivity (Wildman–Crippen MR) is 223 cm³/mol. The number of para-hydroxylation sites is 1. The summed E-state index contributed by atoms with van der Waals surface area (Å²) in [4.78, 5) is 5.60. The number of rotatable bonds is 6. The van der Waals surface area contributed by atoms with Gasteiger partial charge in [-0.1, -0.05) is 182 Å². The zero-order chi connectivity index (χ0) is 35.1. The van der Waals surface area contributed by atoms with E-state index in [9.17, 15) is 0 Å². The van der Waals surface area contributed by atoms with Crippen LogP contribution < -0.4 is 0 Å². The summed E-state index contributed by atoms with van der Waals surface area (Å²) in [5.41, 5.74) is 14.4. The maximum absolute atomic E-state index is 5.60. The van der Waals surface area contributed by atoms with Crippen molar-refractivity contribution < 1.29 is 0 Å². The fourth-order valence-electron chi connectivity index (χ4n) is 8.05. The van der Waals surface area contributed by atoms with Crippen LogP contribution in [0.1, 0.15) is 0 Å². The van der Waals surface area contributed by atoms with E-state index in [4.69, 9.17) is 4.98 Å². The Bertz CT molecular complexity index is 2790. The molecule has 0 radical (unpaired) electrons. The van der Waals surface area contributed by atoms with Gasteiger partial charge >= 0.3 is 0 Å². The first-order valence-corrected chi connectivity index (χ1v) is 18.1. The Morgan fingerprint density at radius 2 is 0.755 bits per heavy atom. The zero-order valence-corrected chi connectivity index (χ0v) is 29.0. The molecule has 0 atom stereocenters. The van der Waals surface area contributed by atoms with Gasteiger partial charge in [0.1, 0.15) is 0 Å². The lowest BCUT2D eigenvalue weighted by Crippen LogP contribution is -2.01. The van der Waals surface area contributed by atoms with E-state index < -0.39 is 0 Å². The zero-order valence-electron chi connectivity index (χ0n) is 29.0. The van der Waals surface area contributed by atoms with Crippen LogP contribution in [0.15, 0.2) is 206 Å². The highest BCUT2D eigenvalue weighted by Gasteiger charge is 2.25. The van der Waals surface area contributed by atoms with Crippen LogP contribution in [0.25, 0.3) is 94.2 Å². The highest BCUT2D eigenvalue weighted by molar-refractivity contribution is 6.21. The number of nitrogens with zero attached hydrogens (tertiary/aromatic N) is 2. The lowest BCUT2D eigenvalue weighted by Gasteiger charge is -2.23. The highest BCUT2D eigenvalue weighted by Crippen LogP contribution is 2.49. The van der Waals surface area contributed by atoms with E-state index in [0.717, 1.165) is 61.6 Å². The molecule has 53 heavy (non-hydrogen) atoms. The van der Waals surface area contributed by atoms with Gasteiger partial charge in [0.05, 0.1) is 22.4 Å². The largest absolute Gasteiger partial charge is 0.309 e. The Balaban J connectivity index is 1.29. The van der Waals surface area contributed by atoms with Gasteiger partial charge in [-0.25, -0.2) is 4.98 Å². The number of hydrogen-bond acceptors (Lipinski definition) is 1. The summed E-state index contributed by atoms with van der Waals surface area (Å²) in [6, 6.07) is 73.9. The van der Waals surface area contributed by atoms with Crippen molar-refractivity contribution in [1.82, 2.24) is 9.55 Å². The van der Waals surface area contributed by atoms with E-state index >= 15 is 0 Å². The molecule has 2 nitrogen and oxygen atoms in total. The third kappa shape index (κ3) is 5.23. The van der Waals surface area contributed by atoms with Gasteiger partial charge in [-0.2, -0.15) is 0 Å². The predicted octanol–water partition coefficient (Wildman–Crippen LogP) is 13.7. The third-order valence-electron chi connectivity index (χ3n) is 10.4. The van der Waals surface area contributed by atoms with Gasteiger partial charge in [-0.15, -0.1) is 0 Å². The first kappa shape index (κ1) is 30.8. The minimum atomic E-state index is 0.962. The number of aromatic nitrogens is 2. The number of hydrogen-bond donors (Lipinski definition) is 0. The van der Waals surface area contributed by atoms with Crippen molar-refractivity contribution in [3.05, 3.63) is 206 Å². The molecule has 10 aromatic rings. The average Bonchev–Trinajstić information content (AvgIpc) is 3.59. The normalized spacial score (nSPS) is 11.4. The van der Waals surface area contributed by atoms with Gasteiger partial charge < -0.3 is 4.57 Å². The molecule has 0 aliphatic carbocycles. The molecule has 2 heterocycles. The second kappa shape index (κ2) is 12.9. The van der Waals surface area contributed by atoms with E-state index in [-0.39, 0.29) is 0 Å². The van der Waals surface area contributed by atoms with Crippen LogP contribution >= 0.6 is 0 Å². The molecule has 248 valence electrons. The van der Waals surface area contributed by atoms with Gasteiger partial charge in [0.2, 0.25) is 0 Å². The lowest BCUT2D eigenvalue weighted by atomic mass is 9.83.